The van der Waals surface area contributed by atoms with Crippen LogP contribution in [0.1, 0.15) is 27.0 Å². The van der Waals surface area contributed by atoms with Gasteiger partial charge in [0.15, 0.2) is 0 Å². The smallest absolute Gasteiger partial charge is 0.272 e. The van der Waals surface area contributed by atoms with Gasteiger partial charge in [-0.05, 0) is 56.2 Å². The number of carbonyl (C=O) groups excluding carboxylic acids is 1. The van der Waals surface area contributed by atoms with E-state index in [1.165, 1.54) is 38.4 Å². The average Bonchev–Trinajstić information content (AvgIpc) is 2.57. The van der Waals surface area contributed by atoms with E-state index in [0.717, 1.165) is 9.87 Å². The second-order valence-corrected chi connectivity index (χ2v) is 8.56. The number of hydrogen-bond acceptors (Lipinski definition) is 5. The first-order chi connectivity index (χ1) is 12.4. The monoisotopic (exact) mass is 391 g/mol. The van der Waals surface area contributed by atoms with Crippen LogP contribution >= 0.6 is 0 Å². The van der Waals surface area contributed by atoms with Gasteiger partial charge in [-0.25, -0.2) is 12.7 Å². The topological polar surface area (TPSA) is 110 Å². The van der Waals surface area contributed by atoms with Gasteiger partial charge in [0.05, 0.1) is 9.82 Å². The van der Waals surface area contributed by atoms with Gasteiger partial charge in [-0.3, -0.25) is 14.9 Å². The average molecular weight is 391 g/mol. The standard InChI is InChI=1S/C18H21N3O5S/c1-11-9-15(27(25,26)20(4)5)10-16(13(11)3)19-18(22)14-6-7-17(21(23)24)12(2)8-14/h6-10H,1-5H3,(H,19,22). The van der Waals surface area contributed by atoms with E-state index >= 15 is 0 Å². The van der Waals surface area contributed by atoms with Crippen LogP contribution < -0.4 is 5.32 Å². The SMILES string of the molecule is Cc1cc(C(=O)Nc2cc(S(=O)(=O)N(C)C)cc(C)c2C)ccc1[N+](=O)[O-]. The van der Waals surface area contributed by atoms with Crippen LogP contribution in [0, 0.1) is 30.9 Å². The third kappa shape index (κ3) is 4.15. The van der Waals surface area contributed by atoms with Crippen molar-refractivity contribution in [2.75, 3.05) is 19.4 Å². The second kappa shape index (κ2) is 7.45. The Kier molecular flexibility index (Phi) is 5.67. The Morgan fingerprint density at radius 3 is 2.22 bits per heavy atom. The summed E-state index contributed by atoms with van der Waals surface area (Å²) in [6, 6.07) is 7.03. The Morgan fingerprint density at radius 1 is 1.07 bits per heavy atom. The maximum atomic E-state index is 12.6. The number of nitro groups is 1. The molecule has 0 radical (unpaired) electrons. The zero-order chi connectivity index (χ0) is 20.5. The quantitative estimate of drug-likeness (QED) is 0.622. The summed E-state index contributed by atoms with van der Waals surface area (Å²) < 4.78 is 25.9. The fraction of sp³-hybridized carbons (Fsp3) is 0.278. The van der Waals surface area contributed by atoms with E-state index < -0.39 is 20.9 Å². The number of nitrogens with zero attached hydrogens (tertiary/aromatic N) is 2. The van der Waals surface area contributed by atoms with Gasteiger partial charge in [0.25, 0.3) is 11.6 Å². The summed E-state index contributed by atoms with van der Waals surface area (Å²) in [5.74, 6) is -0.477. The van der Waals surface area contributed by atoms with Crippen molar-refractivity contribution >= 4 is 27.3 Å². The van der Waals surface area contributed by atoms with Crippen molar-refractivity contribution in [3.63, 3.8) is 0 Å². The highest BCUT2D eigenvalue weighted by Crippen LogP contribution is 2.26. The lowest BCUT2D eigenvalue weighted by Gasteiger charge is -2.16. The van der Waals surface area contributed by atoms with Crippen LogP contribution in [0.15, 0.2) is 35.2 Å². The minimum Gasteiger partial charge on any atom is -0.322 e. The summed E-state index contributed by atoms with van der Waals surface area (Å²) in [5, 5.41) is 13.6. The molecule has 0 spiro atoms. The highest BCUT2D eigenvalue weighted by atomic mass is 32.2. The molecule has 2 aromatic carbocycles. The van der Waals surface area contributed by atoms with Crippen molar-refractivity contribution in [2.45, 2.75) is 25.7 Å². The number of hydrogen-bond donors (Lipinski definition) is 1. The van der Waals surface area contributed by atoms with Crippen molar-refractivity contribution in [1.82, 2.24) is 4.31 Å². The van der Waals surface area contributed by atoms with Crippen molar-refractivity contribution in [2.24, 2.45) is 0 Å². The molecule has 0 saturated heterocycles. The molecule has 0 aliphatic carbocycles. The molecule has 144 valence electrons. The maximum absolute atomic E-state index is 12.6. The molecule has 9 heteroatoms. The van der Waals surface area contributed by atoms with Gasteiger partial charge in [-0.15, -0.1) is 0 Å². The van der Waals surface area contributed by atoms with Crippen molar-refractivity contribution < 1.29 is 18.1 Å². The second-order valence-electron chi connectivity index (χ2n) is 6.41. The fourth-order valence-electron chi connectivity index (χ4n) is 2.51. The number of nitrogens with one attached hydrogen (secondary N) is 1. The summed E-state index contributed by atoms with van der Waals surface area (Å²) in [5.41, 5.74) is 2.36. The van der Waals surface area contributed by atoms with Crippen LogP contribution in [0.25, 0.3) is 0 Å². The molecule has 0 aliphatic heterocycles. The first-order valence-corrected chi connectivity index (χ1v) is 9.49. The number of carbonyl (C=O) groups is 1. The van der Waals surface area contributed by atoms with Crippen LogP contribution in [0.4, 0.5) is 11.4 Å². The molecule has 0 saturated carbocycles. The van der Waals surface area contributed by atoms with Gasteiger partial charge in [0.2, 0.25) is 10.0 Å². The Balaban J connectivity index is 2.42. The summed E-state index contributed by atoms with van der Waals surface area (Å²) in [6.45, 7) is 5.09. The van der Waals surface area contributed by atoms with E-state index in [-0.39, 0.29) is 16.1 Å². The van der Waals surface area contributed by atoms with Crippen LogP contribution in [-0.4, -0.2) is 37.6 Å². The number of benzene rings is 2. The van der Waals surface area contributed by atoms with E-state index in [4.69, 9.17) is 0 Å². The van der Waals surface area contributed by atoms with Gasteiger partial charge in [0.1, 0.15) is 0 Å². The molecule has 1 amide bonds. The third-order valence-electron chi connectivity index (χ3n) is 4.32. The first-order valence-electron chi connectivity index (χ1n) is 8.05. The molecule has 27 heavy (non-hydrogen) atoms. The summed E-state index contributed by atoms with van der Waals surface area (Å²) >= 11 is 0. The fourth-order valence-corrected chi connectivity index (χ4v) is 3.53. The van der Waals surface area contributed by atoms with Crippen LogP contribution in [0.3, 0.4) is 0 Å². The summed E-state index contributed by atoms with van der Waals surface area (Å²) in [4.78, 5) is 23.0. The lowest BCUT2D eigenvalue weighted by molar-refractivity contribution is -0.385. The molecule has 1 N–H and O–H groups in total. The molecule has 0 bridgehead atoms. The summed E-state index contributed by atoms with van der Waals surface area (Å²) in [7, 11) is -0.788. The van der Waals surface area contributed by atoms with E-state index in [0.29, 0.717) is 16.8 Å². The van der Waals surface area contributed by atoms with E-state index in [2.05, 4.69) is 5.32 Å². The molecule has 2 rings (SSSR count). The molecule has 8 nitrogen and oxygen atoms in total. The predicted molar refractivity (Wildman–Crippen MR) is 103 cm³/mol. The predicted octanol–water partition coefficient (Wildman–Crippen LogP) is 3.02. The van der Waals surface area contributed by atoms with Gasteiger partial charge in [-0.1, -0.05) is 0 Å². The number of nitro benzene ring substituents is 1. The molecular formula is C18H21N3O5S. The van der Waals surface area contributed by atoms with Crippen molar-refractivity contribution in [3.05, 3.63) is 62.7 Å². The zero-order valence-electron chi connectivity index (χ0n) is 15.7. The molecule has 0 unspecified atom stereocenters. The molecular weight excluding hydrogens is 370 g/mol. The molecule has 0 fully saturated rings. The minimum absolute atomic E-state index is 0.0716. The Hall–Kier alpha value is -2.78. The number of amides is 1. The van der Waals surface area contributed by atoms with Crippen molar-refractivity contribution in [3.8, 4) is 0 Å². The van der Waals surface area contributed by atoms with Gasteiger partial charge < -0.3 is 5.32 Å². The molecule has 2 aromatic rings. The van der Waals surface area contributed by atoms with E-state index in [1.54, 1.807) is 26.8 Å². The largest absolute Gasteiger partial charge is 0.322 e. The van der Waals surface area contributed by atoms with Gasteiger partial charge in [0, 0.05) is 37.0 Å². The Morgan fingerprint density at radius 2 is 1.70 bits per heavy atom. The van der Waals surface area contributed by atoms with Crippen LogP contribution in [-0.2, 0) is 10.0 Å². The lowest BCUT2D eigenvalue weighted by atomic mass is 10.1. The van der Waals surface area contributed by atoms with Crippen LogP contribution in [0.5, 0.6) is 0 Å². The Labute approximate surface area is 158 Å². The van der Waals surface area contributed by atoms with Crippen molar-refractivity contribution in [1.29, 1.82) is 0 Å². The lowest BCUT2D eigenvalue weighted by Crippen LogP contribution is -2.23. The minimum atomic E-state index is -3.65. The number of anilines is 1. The molecule has 0 aliphatic rings. The van der Waals surface area contributed by atoms with Gasteiger partial charge >= 0.3 is 0 Å². The Bertz CT molecular complexity index is 1030. The summed E-state index contributed by atoms with van der Waals surface area (Å²) in [6.07, 6.45) is 0. The zero-order valence-corrected chi connectivity index (χ0v) is 16.5. The van der Waals surface area contributed by atoms with E-state index in [1.807, 2.05) is 0 Å². The molecule has 0 aromatic heterocycles. The van der Waals surface area contributed by atoms with Crippen LogP contribution in [0.2, 0.25) is 0 Å². The van der Waals surface area contributed by atoms with E-state index in [9.17, 15) is 23.3 Å². The third-order valence-corrected chi connectivity index (χ3v) is 6.12. The number of sulfonamides is 1. The number of rotatable bonds is 5. The van der Waals surface area contributed by atoms with Gasteiger partial charge in [-0.2, -0.15) is 0 Å². The first kappa shape index (κ1) is 20.5. The maximum Gasteiger partial charge on any atom is 0.272 e. The molecule has 0 heterocycles. The highest BCUT2D eigenvalue weighted by molar-refractivity contribution is 7.89. The normalized spacial score (nSPS) is 11.5. The number of aryl methyl sites for hydroxylation is 2. The molecule has 0 atom stereocenters. The highest BCUT2D eigenvalue weighted by Gasteiger charge is 2.21.